The minimum absolute atomic E-state index is 0.147. The van der Waals surface area contributed by atoms with Crippen LogP contribution < -0.4 is 5.73 Å². The third-order valence-electron chi connectivity index (χ3n) is 3.97. The first-order valence-corrected chi connectivity index (χ1v) is 6.92. The molecule has 3 rings (SSSR count). The maximum absolute atomic E-state index is 11.7. The number of hydrogen-bond donors (Lipinski definition) is 1. The molecule has 2 N–H and O–H groups in total. The molecule has 0 saturated carbocycles. The van der Waals surface area contributed by atoms with Gasteiger partial charge in [0.05, 0.1) is 12.8 Å². The molecule has 1 unspecified atom stereocenters. The van der Waals surface area contributed by atoms with Crippen LogP contribution in [0.5, 0.6) is 0 Å². The molecule has 0 saturated heterocycles. The number of methoxy groups -OCH3 is 1. The van der Waals surface area contributed by atoms with Gasteiger partial charge in [-0.1, -0.05) is 24.3 Å². The first-order chi connectivity index (χ1) is 10.1. The van der Waals surface area contributed by atoms with E-state index < -0.39 is 5.97 Å². The van der Waals surface area contributed by atoms with Crippen LogP contribution >= 0.6 is 0 Å². The minimum Gasteiger partial charge on any atom is -0.465 e. The van der Waals surface area contributed by atoms with E-state index in [4.69, 9.17) is 10.5 Å². The number of rotatable bonds is 2. The van der Waals surface area contributed by atoms with E-state index >= 15 is 0 Å². The molecule has 5 nitrogen and oxygen atoms in total. The molecular formula is C16H17N3O2. The lowest BCUT2D eigenvalue weighted by Crippen LogP contribution is -2.15. The molecule has 0 aliphatic heterocycles. The first-order valence-electron chi connectivity index (χ1n) is 6.92. The SMILES string of the molecule is COC(=O)c1c(C)nc(C2CCc3ccccc32)nc1N. The lowest BCUT2D eigenvalue weighted by molar-refractivity contribution is 0.0600. The number of anilines is 1. The zero-order valence-corrected chi connectivity index (χ0v) is 12.1. The standard InChI is InChI=1S/C16H17N3O2/c1-9-13(16(20)21-2)14(17)19-15(18-9)12-8-7-10-5-3-4-6-11(10)12/h3-6,12H,7-8H2,1-2H3,(H2,17,18,19). The molecule has 1 aromatic heterocycles. The van der Waals surface area contributed by atoms with Crippen molar-refractivity contribution in [2.75, 3.05) is 12.8 Å². The molecular weight excluding hydrogens is 266 g/mol. The molecule has 1 heterocycles. The Morgan fingerprint density at radius 2 is 2.10 bits per heavy atom. The summed E-state index contributed by atoms with van der Waals surface area (Å²) < 4.78 is 4.72. The van der Waals surface area contributed by atoms with Crippen molar-refractivity contribution in [1.82, 2.24) is 9.97 Å². The summed E-state index contributed by atoms with van der Waals surface area (Å²) in [5, 5.41) is 0. The zero-order valence-electron chi connectivity index (χ0n) is 12.1. The van der Waals surface area contributed by atoms with Crippen LogP contribution in [-0.2, 0) is 11.2 Å². The van der Waals surface area contributed by atoms with Crippen molar-refractivity contribution in [1.29, 1.82) is 0 Å². The van der Waals surface area contributed by atoms with Crippen molar-refractivity contribution in [3.05, 3.63) is 52.5 Å². The van der Waals surface area contributed by atoms with Gasteiger partial charge in [-0.05, 0) is 30.9 Å². The summed E-state index contributed by atoms with van der Waals surface area (Å²) in [6.07, 6.45) is 1.98. The lowest BCUT2D eigenvalue weighted by atomic mass is 10.00. The minimum atomic E-state index is -0.497. The van der Waals surface area contributed by atoms with E-state index in [1.165, 1.54) is 18.2 Å². The third-order valence-corrected chi connectivity index (χ3v) is 3.97. The van der Waals surface area contributed by atoms with Crippen molar-refractivity contribution in [2.45, 2.75) is 25.7 Å². The quantitative estimate of drug-likeness (QED) is 0.855. The van der Waals surface area contributed by atoms with E-state index in [-0.39, 0.29) is 17.3 Å². The number of nitrogens with zero attached hydrogens (tertiary/aromatic N) is 2. The highest BCUT2D eigenvalue weighted by Gasteiger charge is 2.28. The summed E-state index contributed by atoms with van der Waals surface area (Å²) in [6.45, 7) is 1.76. The van der Waals surface area contributed by atoms with Gasteiger partial charge in [0.25, 0.3) is 0 Å². The molecule has 1 aliphatic carbocycles. The van der Waals surface area contributed by atoms with E-state index in [0.717, 1.165) is 12.8 Å². The fourth-order valence-corrected chi connectivity index (χ4v) is 2.95. The molecule has 21 heavy (non-hydrogen) atoms. The largest absolute Gasteiger partial charge is 0.465 e. The Balaban J connectivity index is 2.04. The van der Waals surface area contributed by atoms with Crippen LogP contribution in [-0.4, -0.2) is 23.0 Å². The van der Waals surface area contributed by atoms with E-state index in [1.54, 1.807) is 6.92 Å². The predicted molar refractivity (Wildman–Crippen MR) is 79.1 cm³/mol. The number of nitrogens with two attached hydrogens (primary N) is 1. The molecule has 1 atom stereocenters. The Morgan fingerprint density at radius 3 is 2.81 bits per heavy atom. The second-order valence-electron chi connectivity index (χ2n) is 5.21. The highest BCUT2D eigenvalue weighted by atomic mass is 16.5. The van der Waals surface area contributed by atoms with Crippen LogP contribution in [0.1, 0.15) is 45.3 Å². The summed E-state index contributed by atoms with van der Waals surface area (Å²) in [6, 6.07) is 8.31. The number of benzene rings is 1. The summed E-state index contributed by atoms with van der Waals surface area (Å²) in [5.74, 6) is 0.522. The number of hydrogen-bond acceptors (Lipinski definition) is 5. The molecule has 0 fully saturated rings. The smallest absolute Gasteiger partial charge is 0.343 e. The monoisotopic (exact) mass is 283 g/mol. The van der Waals surface area contributed by atoms with E-state index in [1.807, 2.05) is 12.1 Å². The Labute approximate surface area is 123 Å². The molecule has 108 valence electrons. The van der Waals surface area contributed by atoms with Crippen LogP contribution in [0, 0.1) is 6.92 Å². The van der Waals surface area contributed by atoms with Gasteiger partial charge >= 0.3 is 5.97 Å². The Hall–Kier alpha value is -2.43. The van der Waals surface area contributed by atoms with Crippen LogP contribution in [0.2, 0.25) is 0 Å². The molecule has 0 radical (unpaired) electrons. The average Bonchev–Trinajstić information content (AvgIpc) is 2.90. The molecule has 0 amide bonds. The fraction of sp³-hybridized carbons (Fsp3) is 0.312. The molecule has 0 spiro atoms. The molecule has 1 aromatic carbocycles. The number of esters is 1. The van der Waals surface area contributed by atoms with Gasteiger partial charge < -0.3 is 10.5 Å². The summed E-state index contributed by atoms with van der Waals surface area (Å²) in [7, 11) is 1.32. The molecule has 1 aliphatic rings. The zero-order chi connectivity index (χ0) is 15.0. The van der Waals surface area contributed by atoms with Gasteiger partial charge in [0.1, 0.15) is 17.2 Å². The van der Waals surface area contributed by atoms with Crippen molar-refractivity contribution in [2.24, 2.45) is 0 Å². The molecule has 0 bridgehead atoms. The van der Waals surface area contributed by atoms with Gasteiger partial charge in [-0.3, -0.25) is 0 Å². The van der Waals surface area contributed by atoms with Crippen LogP contribution in [0.3, 0.4) is 0 Å². The topological polar surface area (TPSA) is 78.1 Å². The third kappa shape index (κ3) is 2.24. The number of carbonyl (C=O) groups excluding carboxylic acids is 1. The number of carbonyl (C=O) groups is 1. The number of ether oxygens (including phenoxy) is 1. The Kier molecular flexibility index (Phi) is 3.33. The molecule has 5 heteroatoms. The summed E-state index contributed by atoms with van der Waals surface area (Å²) in [4.78, 5) is 20.5. The lowest BCUT2D eigenvalue weighted by Gasteiger charge is -2.14. The summed E-state index contributed by atoms with van der Waals surface area (Å²) >= 11 is 0. The van der Waals surface area contributed by atoms with Gasteiger partial charge in [-0.15, -0.1) is 0 Å². The second-order valence-corrected chi connectivity index (χ2v) is 5.21. The summed E-state index contributed by atoms with van der Waals surface area (Å²) in [5.41, 5.74) is 9.34. The number of fused-ring (bicyclic) bond motifs is 1. The Morgan fingerprint density at radius 1 is 1.33 bits per heavy atom. The van der Waals surface area contributed by atoms with E-state index in [9.17, 15) is 4.79 Å². The van der Waals surface area contributed by atoms with Gasteiger partial charge in [0.15, 0.2) is 0 Å². The highest BCUT2D eigenvalue weighted by Crippen LogP contribution is 2.37. The second kappa shape index (κ2) is 5.16. The van der Waals surface area contributed by atoms with Crippen LogP contribution in [0.4, 0.5) is 5.82 Å². The van der Waals surface area contributed by atoms with Crippen molar-refractivity contribution < 1.29 is 9.53 Å². The van der Waals surface area contributed by atoms with Crippen molar-refractivity contribution >= 4 is 11.8 Å². The van der Waals surface area contributed by atoms with Crippen molar-refractivity contribution in [3.63, 3.8) is 0 Å². The van der Waals surface area contributed by atoms with Crippen molar-refractivity contribution in [3.8, 4) is 0 Å². The van der Waals surface area contributed by atoms with E-state index in [0.29, 0.717) is 11.5 Å². The van der Waals surface area contributed by atoms with Gasteiger partial charge in [-0.25, -0.2) is 14.8 Å². The number of nitrogen functional groups attached to an aromatic ring is 1. The first kappa shape index (κ1) is 13.5. The fourth-order valence-electron chi connectivity index (χ4n) is 2.95. The normalized spacial score (nSPS) is 16.6. The number of aryl methyl sites for hydroxylation is 2. The van der Waals surface area contributed by atoms with Crippen LogP contribution in [0.15, 0.2) is 24.3 Å². The van der Waals surface area contributed by atoms with Crippen LogP contribution in [0.25, 0.3) is 0 Å². The maximum Gasteiger partial charge on any atom is 0.343 e. The van der Waals surface area contributed by atoms with E-state index in [2.05, 4.69) is 22.1 Å². The predicted octanol–water partition coefficient (Wildman–Crippen LogP) is 2.23. The Bertz CT molecular complexity index is 689. The average molecular weight is 283 g/mol. The van der Waals surface area contributed by atoms with Gasteiger partial charge in [-0.2, -0.15) is 0 Å². The highest BCUT2D eigenvalue weighted by molar-refractivity contribution is 5.95. The number of aromatic nitrogens is 2. The molecule has 2 aromatic rings. The van der Waals surface area contributed by atoms with Gasteiger partial charge in [0.2, 0.25) is 0 Å². The maximum atomic E-state index is 11.7. The van der Waals surface area contributed by atoms with Gasteiger partial charge in [0, 0.05) is 5.92 Å².